The SMILES string of the molecule is CC(CN)NC(c1cccs1)C1CCCC1. The van der Waals surface area contributed by atoms with Gasteiger partial charge < -0.3 is 11.1 Å². The molecule has 1 fully saturated rings. The zero-order chi connectivity index (χ0) is 11.4. The number of rotatable bonds is 5. The van der Waals surface area contributed by atoms with Gasteiger partial charge in [-0.15, -0.1) is 11.3 Å². The second-order valence-corrected chi connectivity index (χ2v) is 5.82. The van der Waals surface area contributed by atoms with Gasteiger partial charge in [0, 0.05) is 23.5 Å². The first kappa shape index (κ1) is 12.1. The Kier molecular flexibility index (Phi) is 4.38. The van der Waals surface area contributed by atoms with Gasteiger partial charge in [-0.05, 0) is 37.1 Å². The van der Waals surface area contributed by atoms with Gasteiger partial charge in [0.15, 0.2) is 0 Å². The number of nitrogens with two attached hydrogens (primary N) is 1. The van der Waals surface area contributed by atoms with E-state index in [0.717, 1.165) is 5.92 Å². The lowest BCUT2D eigenvalue weighted by Crippen LogP contribution is -2.38. The number of nitrogens with one attached hydrogen (secondary N) is 1. The Morgan fingerprint density at radius 2 is 2.25 bits per heavy atom. The standard InChI is InChI=1S/C13H22N2S/c1-10(9-14)15-13(11-5-2-3-6-11)12-7-4-8-16-12/h4,7-8,10-11,13,15H,2-3,5-6,9,14H2,1H3. The van der Waals surface area contributed by atoms with E-state index in [1.165, 1.54) is 30.6 Å². The molecular formula is C13H22N2S. The first-order valence-corrected chi connectivity index (χ1v) is 7.18. The van der Waals surface area contributed by atoms with Crippen molar-refractivity contribution in [3.05, 3.63) is 22.4 Å². The van der Waals surface area contributed by atoms with Crippen LogP contribution in [0.25, 0.3) is 0 Å². The molecule has 2 rings (SSSR count). The first-order valence-electron chi connectivity index (χ1n) is 6.30. The monoisotopic (exact) mass is 238 g/mol. The molecule has 3 N–H and O–H groups in total. The third-order valence-electron chi connectivity index (χ3n) is 3.54. The predicted octanol–water partition coefficient (Wildman–Crippen LogP) is 2.92. The van der Waals surface area contributed by atoms with E-state index in [2.05, 4.69) is 29.8 Å². The van der Waals surface area contributed by atoms with Crippen molar-refractivity contribution in [2.75, 3.05) is 6.54 Å². The van der Waals surface area contributed by atoms with Gasteiger partial charge >= 0.3 is 0 Å². The second kappa shape index (κ2) is 5.80. The van der Waals surface area contributed by atoms with Gasteiger partial charge in [-0.3, -0.25) is 0 Å². The van der Waals surface area contributed by atoms with Crippen LogP contribution in [0.3, 0.4) is 0 Å². The molecule has 1 heterocycles. The lowest BCUT2D eigenvalue weighted by atomic mass is 9.96. The van der Waals surface area contributed by atoms with Crippen molar-refractivity contribution < 1.29 is 0 Å². The van der Waals surface area contributed by atoms with Crippen LogP contribution >= 0.6 is 11.3 Å². The molecule has 2 unspecified atom stereocenters. The zero-order valence-corrected chi connectivity index (χ0v) is 10.8. The van der Waals surface area contributed by atoms with Crippen LogP contribution < -0.4 is 11.1 Å². The molecule has 0 radical (unpaired) electrons. The van der Waals surface area contributed by atoms with Crippen molar-refractivity contribution in [1.82, 2.24) is 5.32 Å². The van der Waals surface area contributed by atoms with Gasteiger partial charge in [0.05, 0.1) is 0 Å². The normalized spacial score (nSPS) is 21.1. The molecule has 90 valence electrons. The van der Waals surface area contributed by atoms with Gasteiger partial charge in [-0.1, -0.05) is 18.9 Å². The Hall–Kier alpha value is -0.380. The van der Waals surface area contributed by atoms with E-state index in [1.807, 2.05) is 11.3 Å². The average Bonchev–Trinajstić information content (AvgIpc) is 2.97. The molecule has 3 heteroatoms. The summed E-state index contributed by atoms with van der Waals surface area (Å²) in [6.45, 7) is 2.89. The van der Waals surface area contributed by atoms with Crippen LogP contribution in [0.1, 0.15) is 43.5 Å². The van der Waals surface area contributed by atoms with Gasteiger partial charge in [-0.25, -0.2) is 0 Å². The molecule has 1 aromatic heterocycles. The van der Waals surface area contributed by atoms with Crippen LogP contribution in [0.15, 0.2) is 17.5 Å². The lowest BCUT2D eigenvalue weighted by Gasteiger charge is -2.27. The van der Waals surface area contributed by atoms with Gasteiger partial charge in [0.2, 0.25) is 0 Å². The quantitative estimate of drug-likeness (QED) is 0.828. The zero-order valence-electron chi connectivity index (χ0n) is 9.99. The fraction of sp³-hybridized carbons (Fsp3) is 0.692. The minimum atomic E-state index is 0.410. The van der Waals surface area contributed by atoms with E-state index in [-0.39, 0.29) is 0 Å². The van der Waals surface area contributed by atoms with Crippen molar-refractivity contribution in [2.45, 2.75) is 44.7 Å². The van der Waals surface area contributed by atoms with E-state index >= 15 is 0 Å². The molecule has 0 aromatic carbocycles. The fourth-order valence-electron chi connectivity index (χ4n) is 2.58. The van der Waals surface area contributed by atoms with Crippen molar-refractivity contribution in [2.24, 2.45) is 11.7 Å². The molecule has 1 saturated carbocycles. The van der Waals surface area contributed by atoms with Crippen molar-refractivity contribution in [3.8, 4) is 0 Å². The Balaban J connectivity index is 2.06. The molecule has 16 heavy (non-hydrogen) atoms. The van der Waals surface area contributed by atoms with Crippen LogP contribution in [-0.2, 0) is 0 Å². The second-order valence-electron chi connectivity index (χ2n) is 4.84. The summed E-state index contributed by atoms with van der Waals surface area (Å²) in [5.41, 5.74) is 5.71. The molecule has 1 aromatic rings. The summed E-state index contributed by atoms with van der Waals surface area (Å²) in [5.74, 6) is 0.813. The summed E-state index contributed by atoms with van der Waals surface area (Å²) >= 11 is 1.87. The Morgan fingerprint density at radius 1 is 1.50 bits per heavy atom. The number of thiophene rings is 1. The molecule has 1 aliphatic carbocycles. The molecule has 1 aliphatic rings. The van der Waals surface area contributed by atoms with Crippen molar-refractivity contribution in [1.29, 1.82) is 0 Å². The molecule has 0 amide bonds. The topological polar surface area (TPSA) is 38.0 Å². The number of hydrogen-bond acceptors (Lipinski definition) is 3. The summed E-state index contributed by atoms with van der Waals surface area (Å²) in [7, 11) is 0. The van der Waals surface area contributed by atoms with Crippen LogP contribution in [0.5, 0.6) is 0 Å². The molecular weight excluding hydrogens is 216 g/mol. The van der Waals surface area contributed by atoms with Gasteiger partial charge in [0.25, 0.3) is 0 Å². The van der Waals surface area contributed by atoms with Crippen LogP contribution in [0.4, 0.5) is 0 Å². The maximum Gasteiger partial charge on any atom is 0.0445 e. The van der Waals surface area contributed by atoms with E-state index in [4.69, 9.17) is 5.73 Å². The smallest absolute Gasteiger partial charge is 0.0445 e. The molecule has 2 atom stereocenters. The minimum absolute atomic E-state index is 0.410. The Labute approximate surface area is 102 Å². The Bertz CT molecular complexity index is 291. The molecule has 0 bridgehead atoms. The summed E-state index contributed by atoms with van der Waals surface area (Å²) in [4.78, 5) is 1.48. The highest BCUT2D eigenvalue weighted by Crippen LogP contribution is 2.37. The van der Waals surface area contributed by atoms with Crippen LogP contribution in [0, 0.1) is 5.92 Å². The summed E-state index contributed by atoms with van der Waals surface area (Å²) in [6, 6.07) is 5.34. The number of hydrogen-bond donors (Lipinski definition) is 2. The predicted molar refractivity (Wildman–Crippen MR) is 70.7 cm³/mol. The maximum absolute atomic E-state index is 5.71. The van der Waals surface area contributed by atoms with E-state index < -0.39 is 0 Å². The van der Waals surface area contributed by atoms with Crippen molar-refractivity contribution >= 4 is 11.3 Å². The third kappa shape index (κ3) is 2.84. The van der Waals surface area contributed by atoms with Crippen LogP contribution in [-0.4, -0.2) is 12.6 Å². The van der Waals surface area contributed by atoms with Gasteiger partial charge in [-0.2, -0.15) is 0 Å². The first-order chi connectivity index (χ1) is 7.81. The van der Waals surface area contributed by atoms with Crippen molar-refractivity contribution in [3.63, 3.8) is 0 Å². The fourth-order valence-corrected chi connectivity index (χ4v) is 3.46. The summed E-state index contributed by atoms with van der Waals surface area (Å²) < 4.78 is 0. The Morgan fingerprint density at radius 3 is 2.81 bits per heavy atom. The lowest BCUT2D eigenvalue weighted by molar-refractivity contribution is 0.342. The maximum atomic E-state index is 5.71. The highest BCUT2D eigenvalue weighted by molar-refractivity contribution is 7.10. The van der Waals surface area contributed by atoms with E-state index in [0.29, 0.717) is 18.6 Å². The highest BCUT2D eigenvalue weighted by Gasteiger charge is 2.27. The van der Waals surface area contributed by atoms with E-state index in [1.54, 1.807) is 0 Å². The molecule has 2 nitrogen and oxygen atoms in total. The largest absolute Gasteiger partial charge is 0.329 e. The van der Waals surface area contributed by atoms with Gasteiger partial charge in [0.1, 0.15) is 0 Å². The molecule has 0 aliphatic heterocycles. The summed E-state index contributed by atoms with van der Waals surface area (Å²) in [5, 5.41) is 5.87. The minimum Gasteiger partial charge on any atom is -0.329 e. The average molecular weight is 238 g/mol. The van der Waals surface area contributed by atoms with E-state index in [9.17, 15) is 0 Å². The highest BCUT2D eigenvalue weighted by atomic mass is 32.1. The third-order valence-corrected chi connectivity index (χ3v) is 4.49. The molecule has 0 saturated heterocycles. The van der Waals surface area contributed by atoms with Crippen LogP contribution in [0.2, 0.25) is 0 Å². The summed E-state index contributed by atoms with van der Waals surface area (Å²) in [6.07, 6.45) is 5.52. The molecule has 0 spiro atoms.